The first-order valence-electron chi connectivity index (χ1n) is 2.62. The van der Waals surface area contributed by atoms with Crippen LogP contribution in [0.5, 0.6) is 0 Å². The van der Waals surface area contributed by atoms with E-state index in [2.05, 4.69) is 0 Å². The third-order valence-electron chi connectivity index (χ3n) is 0.829. The molecule has 0 heterocycles. The lowest BCUT2D eigenvalue weighted by atomic mass is 11.6. The Morgan fingerprint density at radius 1 is 0.688 bits per heavy atom. The summed E-state index contributed by atoms with van der Waals surface area (Å²) in [5, 5.41) is 0. The van der Waals surface area contributed by atoms with Crippen molar-refractivity contribution < 1.29 is 43.2 Å². The number of halogens is 6. The Labute approximate surface area is 85.3 Å². The van der Waals surface area contributed by atoms with Gasteiger partial charge >= 0.3 is 31.1 Å². The minimum Gasteiger partial charge on any atom is -0.344 e. The predicted molar refractivity (Wildman–Crippen MR) is 38.1 cm³/mol. The third kappa shape index (κ3) is 3.76. The van der Waals surface area contributed by atoms with Gasteiger partial charge in [-0.25, -0.2) is 16.8 Å². The first kappa shape index (κ1) is 17.8. The van der Waals surface area contributed by atoms with Crippen molar-refractivity contribution in [3.8, 4) is 0 Å². The van der Waals surface area contributed by atoms with Gasteiger partial charge in [-0.1, -0.05) is 4.13 Å². The lowest BCUT2D eigenvalue weighted by Crippen LogP contribution is -2.45. The second-order valence-corrected chi connectivity index (χ2v) is 5.59. The van der Waals surface area contributed by atoms with Crippen molar-refractivity contribution in [2.24, 2.45) is 0 Å². The summed E-state index contributed by atoms with van der Waals surface area (Å²) < 4.78 is 108. The molecule has 0 rings (SSSR count). The van der Waals surface area contributed by atoms with Crippen LogP contribution in [-0.4, -0.2) is 27.9 Å². The van der Waals surface area contributed by atoms with E-state index in [4.69, 9.17) is 0 Å². The largest absolute Gasteiger partial charge is 0.512 e. The second kappa shape index (κ2) is 4.34. The molecule has 4 N–H and O–H groups in total. The molecule has 0 unspecified atom stereocenters. The Balaban J connectivity index is 0. The second-order valence-electron chi connectivity index (χ2n) is 1.98. The maximum atomic E-state index is 11.5. The lowest BCUT2D eigenvalue weighted by Gasteiger charge is -2.11. The molecule has 0 aliphatic rings. The molecule has 14 heteroatoms. The summed E-state index contributed by atoms with van der Waals surface area (Å²) in [5.74, 6) is 0. The number of nitrogens with one attached hydrogen (secondary N) is 1. The van der Waals surface area contributed by atoms with E-state index in [1.807, 2.05) is 0 Å². The molecule has 0 amide bonds. The highest BCUT2D eigenvalue weighted by Gasteiger charge is 2.55. The molecule has 0 aromatic rings. The molecule has 0 fully saturated rings. The zero-order valence-electron chi connectivity index (χ0n) is 6.92. The van der Waals surface area contributed by atoms with Crippen molar-refractivity contribution in [3.63, 3.8) is 0 Å². The Morgan fingerprint density at radius 2 is 0.875 bits per heavy atom. The molecule has 0 bridgehead atoms. The minimum absolute atomic E-state index is 0. The summed E-state index contributed by atoms with van der Waals surface area (Å²) in [6, 6.07) is 0. The maximum Gasteiger partial charge on any atom is 0.512 e. The third-order valence-corrected chi connectivity index (χ3v) is 3.80. The van der Waals surface area contributed by atoms with E-state index in [0.717, 1.165) is 0 Å². The molecule has 0 aliphatic heterocycles. The van der Waals surface area contributed by atoms with E-state index in [1.54, 1.807) is 0 Å². The van der Waals surface area contributed by atoms with Crippen molar-refractivity contribution in [2.75, 3.05) is 0 Å². The molecule has 16 heavy (non-hydrogen) atoms. The maximum absolute atomic E-state index is 11.5. The molecule has 0 atom stereocenters. The minimum atomic E-state index is -6.60. The predicted octanol–water partition coefficient (Wildman–Crippen LogP) is 0.437. The molecule has 0 aromatic heterocycles. The van der Waals surface area contributed by atoms with E-state index < -0.39 is 35.2 Å². The topological polar surface area (TPSA) is 115 Å². The fraction of sp³-hybridized carbons (Fsp3) is 1.00. The lowest BCUT2D eigenvalue weighted by molar-refractivity contribution is -0.0476. The van der Waals surface area contributed by atoms with Gasteiger partial charge < -0.3 is 6.15 Å². The normalized spacial score (nSPS) is 14.4. The summed E-state index contributed by atoms with van der Waals surface area (Å²) in [4.78, 5) is 0. The van der Waals surface area contributed by atoms with Crippen LogP contribution >= 0.6 is 0 Å². The molecule has 0 saturated carbocycles. The summed E-state index contributed by atoms with van der Waals surface area (Å²) in [6.45, 7) is 0. The Bertz CT molecular complexity index is 388. The first-order valence-corrected chi connectivity index (χ1v) is 5.58. The highest BCUT2D eigenvalue weighted by atomic mass is 32.3. The molecule has 0 aromatic carbocycles. The van der Waals surface area contributed by atoms with Crippen LogP contribution in [-0.2, 0) is 20.0 Å². The van der Waals surface area contributed by atoms with Gasteiger partial charge in [0.15, 0.2) is 0 Å². The fourth-order valence-electron chi connectivity index (χ4n) is 0.239. The molecular formula is C2H4F6N2O4S2. The summed E-state index contributed by atoms with van der Waals surface area (Å²) >= 11 is 0. The number of hydrogen-bond donors (Lipinski definition) is 2. The van der Waals surface area contributed by atoms with Gasteiger partial charge in [0.1, 0.15) is 0 Å². The monoisotopic (exact) mass is 298 g/mol. The van der Waals surface area contributed by atoms with Crippen LogP contribution in [0.15, 0.2) is 0 Å². The van der Waals surface area contributed by atoms with E-state index in [1.165, 1.54) is 0 Å². The highest BCUT2D eigenvalue weighted by Crippen LogP contribution is 2.27. The van der Waals surface area contributed by atoms with Crippen molar-refractivity contribution >= 4 is 20.0 Å². The smallest absolute Gasteiger partial charge is 0.344 e. The fourth-order valence-corrected chi connectivity index (χ4v) is 2.15. The van der Waals surface area contributed by atoms with Gasteiger partial charge in [-0.15, -0.1) is 0 Å². The highest BCUT2D eigenvalue weighted by molar-refractivity contribution is 8.05. The summed E-state index contributed by atoms with van der Waals surface area (Å²) in [6.07, 6.45) is 0. The standard InChI is InChI=1S/C2HF6NO4S2.H3N/c3-1(4,5)14(10,11)9-15(12,13)2(6,7)8;/h9H;1H3. The zero-order valence-corrected chi connectivity index (χ0v) is 8.56. The van der Waals surface area contributed by atoms with Crippen LogP contribution in [0.1, 0.15) is 0 Å². The van der Waals surface area contributed by atoms with Crippen LogP contribution < -0.4 is 10.3 Å². The Morgan fingerprint density at radius 3 is 1.00 bits per heavy atom. The van der Waals surface area contributed by atoms with Crippen molar-refractivity contribution in [3.05, 3.63) is 0 Å². The quantitative estimate of drug-likeness (QED) is 0.717. The van der Waals surface area contributed by atoms with Gasteiger partial charge in [-0.3, -0.25) is 0 Å². The van der Waals surface area contributed by atoms with Crippen molar-refractivity contribution in [1.29, 1.82) is 0 Å². The summed E-state index contributed by atoms with van der Waals surface area (Å²) in [7, 11) is -13.2. The van der Waals surface area contributed by atoms with Crippen LogP contribution in [0.25, 0.3) is 0 Å². The Kier molecular flexibility index (Phi) is 4.83. The SMILES string of the molecule is N.O=S(=O)(NS(=O)(=O)C(F)(F)F)C(F)(F)F. The van der Waals surface area contributed by atoms with Crippen LogP contribution in [0.4, 0.5) is 26.3 Å². The molecule has 0 saturated heterocycles. The molecule has 0 radical (unpaired) electrons. The zero-order chi connectivity index (χ0) is 12.7. The molecule has 0 spiro atoms. The molecule has 0 aliphatic carbocycles. The van der Waals surface area contributed by atoms with Crippen LogP contribution in [0.2, 0.25) is 0 Å². The number of hydrogen-bond acceptors (Lipinski definition) is 5. The molecule has 6 nitrogen and oxygen atoms in total. The average Bonchev–Trinajstić information content (AvgIpc) is 1.77. The van der Waals surface area contributed by atoms with Gasteiger partial charge in [0, 0.05) is 0 Å². The van der Waals surface area contributed by atoms with Crippen molar-refractivity contribution in [2.45, 2.75) is 11.0 Å². The first-order chi connectivity index (χ1) is 6.21. The van der Waals surface area contributed by atoms with Gasteiger partial charge in [0.2, 0.25) is 0 Å². The molecule has 100 valence electrons. The van der Waals surface area contributed by atoms with E-state index in [0.29, 0.717) is 0 Å². The Hall–Kier alpha value is -0.600. The van der Waals surface area contributed by atoms with Gasteiger partial charge in [-0.2, -0.15) is 26.3 Å². The van der Waals surface area contributed by atoms with Crippen molar-refractivity contribution in [1.82, 2.24) is 10.3 Å². The van der Waals surface area contributed by atoms with Gasteiger partial charge in [0.25, 0.3) is 0 Å². The van der Waals surface area contributed by atoms with Crippen LogP contribution in [0.3, 0.4) is 0 Å². The molecular weight excluding hydrogens is 294 g/mol. The van der Waals surface area contributed by atoms with E-state index in [9.17, 15) is 43.2 Å². The van der Waals surface area contributed by atoms with Crippen LogP contribution in [0, 0.1) is 0 Å². The number of alkyl halides is 6. The van der Waals surface area contributed by atoms with Gasteiger partial charge in [-0.05, 0) is 0 Å². The average molecular weight is 298 g/mol. The number of sulfonamides is 2. The van der Waals surface area contributed by atoms with E-state index in [-0.39, 0.29) is 6.15 Å². The van der Waals surface area contributed by atoms with Gasteiger partial charge in [0.05, 0.1) is 0 Å². The summed E-state index contributed by atoms with van der Waals surface area (Å²) in [5.41, 5.74) is -12.3. The number of rotatable bonds is 2. The van der Waals surface area contributed by atoms with E-state index >= 15 is 0 Å².